The number of rotatable bonds is 6. The van der Waals surface area contributed by atoms with Crippen LogP contribution in [0.1, 0.15) is 52.0 Å². The molecule has 5 heteroatoms. The molecule has 0 aliphatic heterocycles. The number of nitrogens with zero attached hydrogens (tertiary/aromatic N) is 2. The van der Waals surface area contributed by atoms with Crippen LogP contribution in [0.15, 0.2) is 134 Å². The second-order valence-electron chi connectivity index (χ2n) is 12.0. The van der Waals surface area contributed by atoms with Crippen molar-refractivity contribution in [2.45, 2.75) is 21.1 Å². The van der Waals surface area contributed by atoms with Crippen LogP contribution >= 0.6 is 0 Å². The van der Waals surface area contributed by atoms with Crippen molar-refractivity contribution in [1.82, 2.24) is 9.97 Å². The van der Waals surface area contributed by atoms with Gasteiger partial charge in [0, 0.05) is 0 Å². The molecule has 2 atom stereocenters. The molecule has 2 heterocycles. The van der Waals surface area contributed by atoms with Crippen molar-refractivity contribution in [2.24, 2.45) is 0 Å². The van der Waals surface area contributed by atoms with Gasteiger partial charge in [-0.1, -0.05) is 0 Å². The van der Waals surface area contributed by atoms with Gasteiger partial charge in [0.1, 0.15) is 0 Å². The van der Waals surface area contributed by atoms with E-state index < -0.39 is 23.2 Å². The average molecular weight is 727 g/mol. The van der Waals surface area contributed by atoms with E-state index >= 15 is 0 Å². The van der Waals surface area contributed by atoms with Crippen molar-refractivity contribution in [2.75, 3.05) is 0 Å². The molecule has 8 rings (SSSR count). The third-order valence-corrected chi connectivity index (χ3v) is 13.8. The summed E-state index contributed by atoms with van der Waals surface area (Å²) in [6, 6.07) is 44.3. The Morgan fingerprint density at radius 1 is 0.468 bits per heavy atom. The summed E-state index contributed by atoms with van der Waals surface area (Å²) in [6.07, 6.45) is 8.75. The second-order valence-corrected chi connectivity index (χ2v) is 15.7. The Balaban J connectivity index is 0.00000193. The molecular weight excluding hydrogens is 695 g/mol. The Bertz CT molecular complexity index is 1940. The molecule has 2 aliphatic carbocycles. The van der Waals surface area contributed by atoms with Gasteiger partial charge in [0.2, 0.25) is 0 Å². The minimum Gasteiger partial charge on any atom is -1.00 e. The molecule has 0 radical (unpaired) electrons. The number of hydrogen-bond donors (Lipinski definition) is 0. The predicted molar refractivity (Wildman–Crippen MR) is 183 cm³/mol. The number of allylic oxidation sites excluding steroid dienone is 2. The third kappa shape index (κ3) is 6.25. The van der Waals surface area contributed by atoms with Gasteiger partial charge >= 0.3 is 278 Å². The van der Waals surface area contributed by atoms with Crippen LogP contribution < -0.4 is 24.8 Å². The normalized spacial score (nSPS) is 15.7. The molecule has 228 valence electrons. The van der Waals surface area contributed by atoms with E-state index in [9.17, 15) is 0 Å². The van der Waals surface area contributed by atoms with Gasteiger partial charge in [0.25, 0.3) is 0 Å². The van der Waals surface area contributed by atoms with Crippen LogP contribution in [0.3, 0.4) is 0 Å². The zero-order chi connectivity index (χ0) is 30.3. The SMILES string of the molecule is Cc1ccc(-c2cccc3c2C=C(c2ccccn2)[CH]3[Zr+2][CH]2C(c3ccccn3)=Cc3c(-c4ccc(C)cc4)cccc32)cc1.[Cl-].[Cl-]. The van der Waals surface area contributed by atoms with Crippen molar-refractivity contribution < 1.29 is 48.0 Å². The molecule has 2 unspecified atom stereocenters. The zero-order valence-electron chi connectivity index (χ0n) is 26.2. The van der Waals surface area contributed by atoms with Crippen molar-refractivity contribution in [3.63, 3.8) is 0 Å². The summed E-state index contributed by atoms with van der Waals surface area (Å²) in [6.45, 7) is 4.30. The predicted octanol–water partition coefficient (Wildman–Crippen LogP) is 4.41. The molecule has 2 aromatic heterocycles. The number of pyridine rings is 2. The van der Waals surface area contributed by atoms with Crippen LogP contribution in [-0.4, -0.2) is 9.97 Å². The Kier molecular flexibility index (Phi) is 9.90. The van der Waals surface area contributed by atoms with E-state index in [0.717, 1.165) is 11.4 Å². The largest absolute Gasteiger partial charge is 1.00 e. The maximum Gasteiger partial charge on any atom is -1.00 e. The van der Waals surface area contributed by atoms with Gasteiger partial charge in [0.15, 0.2) is 0 Å². The third-order valence-electron chi connectivity index (χ3n) is 9.10. The molecule has 0 N–H and O–H groups in total. The summed E-state index contributed by atoms with van der Waals surface area (Å²) >= 11 is -1.26. The summed E-state index contributed by atoms with van der Waals surface area (Å²) in [5.74, 6) is 0. The van der Waals surface area contributed by atoms with Gasteiger partial charge in [-0.15, -0.1) is 0 Å². The molecule has 0 bridgehead atoms. The molecule has 2 nitrogen and oxygen atoms in total. The fourth-order valence-electron chi connectivity index (χ4n) is 6.81. The van der Waals surface area contributed by atoms with Gasteiger partial charge in [0.05, 0.1) is 0 Å². The molecule has 0 saturated heterocycles. The van der Waals surface area contributed by atoms with Gasteiger partial charge in [-0.25, -0.2) is 0 Å². The van der Waals surface area contributed by atoms with E-state index in [1.807, 2.05) is 24.5 Å². The van der Waals surface area contributed by atoms with E-state index in [1.165, 1.54) is 66.8 Å². The summed E-state index contributed by atoms with van der Waals surface area (Å²) in [5.41, 5.74) is 18.2. The average Bonchev–Trinajstić information content (AvgIpc) is 3.65. The Hall–Kier alpha value is -3.88. The fraction of sp³-hybridized carbons (Fsp3) is 0.0952. The molecule has 4 aromatic carbocycles. The fourth-order valence-corrected chi connectivity index (χ4v) is 11.8. The van der Waals surface area contributed by atoms with Gasteiger partial charge in [-0.05, 0) is 0 Å². The van der Waals surface area contributed by atoms with Crippen LogP contribution in [0.5, 0.6) is 0 Å². The number of hydrogen-bond acceptors (Lipinski definition) is 2. The first kappa shape index (κ1) is 33.0. The molecule has 0 spiro atoms. The number of halogens is 2. The van der Waals surface area contributed by atoms with Crippen LogP contribution in [0.25, 0.3) is 45.6 Å². The summed E-state index contributed by atoms with van der Waals surface area (Å²) < 4.78 is 0.713. The topological polar surface area (TPSA) is 25.8 Å². The van der Waals surface area contributed by atoms with Crippen molar-refractivity contribution in [3.8, 4) is 22.3 Å². The minimum absolute atomic E-state index is 0. The van der Waals surface area contributed by atoms with Crippen LogP contribution in [-0.2, 0) is 23.2 Å². The van der Waals surface area contributed by atoms with Crippen molar-refractivity contribution >= 4 is 23.3 Å². The van der Waals surface area contributed by atoms with E-state index in [1.54, 1.807) is 0 Å². The summed E-state index contributed by atoms with van der Waals surface area (Å²) in [4.78, 5) is 9.79. The van der Waals surface area contributed by atoms with Gasteiger partial charge in [-0.3, -0.25) is 0 Å². The molecule has 47 heavy (non-hydrogen) atoms. The summed E-state index contributed by atoms with van der Waals surface area (Å²) in [7, 11) is 0. The van der Waals surface area contributed by atoms with Gasteiger partial charge in [-0.2, -0.15) is 0 Å². The molecule has 0 amide bonds. The quantitative estimate of drug-likeness (QED) is 0.255. The number of benzene rings is 4. The van der Waals surface area contributed by atoms with Crippen molar-refractivity contribution in [1.29, 1.82) is 0 Å². The zero-order valence-corrected chi connectivity index (χ0v) is 30.1. The van der Waals surface area contributed by atoms with E-state index in [0.29, 0.717) is 7.25 Å². The Morgan fingerprint density at radius 2 is 0.894 bits per heavy atom. The Morgan fingerprint density at radius 3 is 1.28 bits per heavy atom. The minimum atomic E-state index is -1.26. The van der Waals surface area contributed by atoms with Crippen molar-refractivity contribution in [3.05, 3.63) is 178 Å². The number of fused-ring (bicyclic) bond motifs is 2. The first-order valence-corrected chi connectivity index (χ1v) is 18.4. The van der Waals surface area contributed by atoms with Crippen LogP contribution in [0.4, 0.5) is 0 Å². The molecule has 0 fully saturated rings. The molecular formula is C42H32Cl2N2Zr. The smallest absolute Gasteiger partial charge is 1.00 e. The van der Waals surface area contributed by atoms with E-state index in [2.05, 4.69) is 135 Å². The van der Waals surface area contributed by atoms with Crippen LogP contribution in [0.2, 0.25) is 0 Å². The molecule has 6 aromatic rings. The maximum absolute atomic E-state index is 4.90. The molecule has 0 saturated carbocycles. The van der Waals surface area contributed by atoms with Gasteiger partial charge < -0.3 is 24.8 Å². The van der Waals surface area contributed by atoms with Crippen LogP contribution in [0, 0.1) is 13.8 Å². The first-order valence-electron chi connectivity index (χ1n) is 15.6. The summed E-state index contributed by atoms with van der Waals surface area (Å²) in [5, 5.41) is 0. The van der Waals surface area contributed by atoms with E-state index in [-0.39, 0.29) is 24.8 Å². The monoisotopic (exact) mass is 724 g/mol. The second kappa shape index (κ2) is 14.1. The first-order chi connectivity index (χ1) is 22.1. The van der Waals surface area contributed by atoms with E-state index in [4.69, 9.17) is 9.97 Å². The molecule has 2 aliphatic rings. The standard InChI is InChI=1S/2C21H16N.2ClH.Zr/c2*1-15-8-10-16(11-9-15)19-6-4-5-17-13-18(14-20(17)19)21-7-2-3-12-22-21;;;/h2*2-14H,1H3;2*1H;/q;;;;+2/p-2. The Labute approximate surface area is 301 Å². The number of aromatic nitrogens is 2. The number of aryl methyl sites for hydroxylation is 2. The maximum atomic E-state index is 4.90.